The number of nitrogens with zero attached hydrogens (tertiary/aromatic N) is 3. The molecule has 0 saturated carbocycles. The van der Waals surface area contributed by atoms with Crippen LogP contribution in [0.15, 0.2) is 4.99 Å². The van der Waals surface area contributed by atoms with Crippen molar-refractivity contribution < 1.29 is 0 Å². The highest BCUT2D eigenvalue weighted by molar-refractivity contribution is 14.0. The summed E-state index contributed by atoms with van der Waals surface area (Å²) >= 11 is 0. The summed E-state index contributed by atoms with van der Waals surface area (Å²) in [5.41, 5.74) is 0.423. The standard InChI is InChI=1S/C12H27N3.HI/c1-12(2,3)9-8-10-13-11(14(4)5)15(6)7;/h8-10H2,1-7H3;1H. The van der Waals surface area contributed by atoms with Gasteiger partial charge >= 0.3 is 0 Å². The summed E-state index contributed by atoms with van der Waals surface area (Å²) in [4.78, 5) is 8.70. The summed E-state index contributed by atoms with van der Waals surface area (Å²) in [7, 11) is 8.12. The zero-order valence-corrected chi connectivity index (χ0v) is 14.2. The number of hydrogen-bond acceptors (Lipinski definition) is 1. The molecule has 16 heavy (non-hydrogen) atoms. The van der Waals surface area contributed by atoms with Crippen LogP contribution in [0, 0.1) is 5.41 Å². The van der Waals surface area contributed by atoms with E-state index >= 15 is 0 Å². The molecular formula is C12H28IN3. The van der Waals surface area contributed by atoms with Crippen LogP contribution >= 0.6 is 24.0 Å². The third-order valence-corrected chi connectivity index (χ3v) is 2.14. The molecule has 0 aromatic heterocycles. The Hall–Kier alpha value is 0. The first-order chi connectivity index (χ1) is 6.74. The minimum absolute atomic E-state index is 0. The zero-order valence-electron chi connectivity index (χ0n) is 11.9. The van der Waals surface area contributed by atoms with Gasteiger partial charge in [-0.15, -0.1) is 24.0 Å². The second kappa shape index (κ2) is 8.14. The van der Waals surface area contributed by atoms with Crippen LogP contribution in [-0.4, -0.2) is 50.5 Å². The van der Waals surface area contributed by atoms with Crippen LogP contribution in [0.4, 0.5) is 0 Å². The first kappa shape index (κ1) is 18.4. The lowest BCUT2D eigenvalue weighted by Gasteiger charge is -2.23. The predicted octanol–water partition coefficient (Wildman–Crippen LogP) is 2.91. The largest absolute Gasteiger partial charge is 0.349 e. The topological polar surface area (TPSA) is 18.8 Å². The van der Waals surface area contributed by atoms with Crippen molar-refractivity contribution in [2.24, 2.45) is 10.4 Å². The Bertz CT molecular complexity index is 195. The van der Waals surface area contributed by atoms with Gasteiger partial charge in [-0.25, -0.2) is 0 Å². The van der Waals surface area contributed by atoms with E-state index in [0.717, 1.165) is 18.9 Å². The number of hydrogen-bond donors (Lipinski definition) is 0. The van der Waals surface area contributed by atoms with Crippen molar-refractivity contribution in [3.8, 4) is 0 Å². The number of aliphatic imine (C=N–C) groups is 1. The number of guanidine groups is 1. The molecule has 0 aromatic rings. The summed E-state index contributed by atoms with van der Waals surface area (Å²) in [5.74, 6) is 1.05. The van der Waals surface area contributed by atoms with Crippen molar-refractivity contribution in [1.82, 2.24) is 9.80 Å². The average Bonchev–Trinajstić information content (AvgIpc) is 2.00. The molecule has 0 aliphatic carbocycles. The normalized spacial score (nSPS) is 10.4. The van der Waals surface area contributed by atoms with Crippen molar-refractivity contribution in [3.05, 3.63) is 0 Å². The Balaban J connectivity index is 0. The van der Waals surface area contributed by atoms with Crippen molar-refractivity contribution >= 4 is 29.9 Å². The molecule has 4 heteroatoms. The third-order valence-electron chi connectivity index (χ3n) is 2.14. The molecule has 0 fully saturated rings. The lowest BCUT2D eigenvalue weighted by molar-refractivity contribution is 0.367. The van der Waals surface area contributed by atoms with E-state index in [9.17, 15) is 0 Å². The van der Waals surface area contributed by atoms with Crippen molar-refractivity contribution in [3.63, 3.8) is 0 Å². The predicted molar refractivity (Wildman–Crippen MR) is 83.8 cm³/mol. The highest BCUT2D eigenvalue weighted by atomic mass is 127. The van der Waals surface area contributed by atoms with E-state index < -0.39 is 0 Å². The molecule has 98 valence electrons. The van der Waals surface area contributed by atoms with Crippen molar-refractivity contribution in [2.45, 2.75) is 33.6 Å². The van der Waals surface area contributed by atoms with E-state index in [-0.39, 0.29) is 24.0 Å². The van der Waals surface area contributed by atoms with Gasteiger partial charge in [0.2, 0.25) is 0 Å². The van der Waals surface area contributed by atoms with E-state index in [1.54, 1.807) is 0 Å². The zero-order chi connectivity index (χ0) is 12.1. The van der Waals surface area contributed by atoms with Gasteiger partial charge in [-0.1, -0.05) is 20.8 Å². The summed E-state index contributed by atoms with van der Waals surface area (Å²) in [6, 6.07) is 0. The Morgan fingerprint density at radius 1 is 1.00 bits per heavy atom. The van der Waals surface area contributed by atoms with Crippen LogP contribution in [0.1, 0.15) is 33.6 Å². The SMILES string of the molecule is CN(C)C(=NCCCC(C)(C)C)N(C)C.I. The van der Waals surface area contributed by atoms with Crippen LogP contribution in [0.3, 0.4) is 0 Å². The van der Waals surface area contributed by atoms with Gasteiger partial charge in [-0.3, -0.25) is 4.99 Å². The van der Waals surface area contributed by atoms with Crippen molar-refractivity contribution in [2.75, 3.05) is 34.7 Å². The van der Waals surface area contributed by atoms with Gasteiger partial charge in [0, 0.05) is 34.7 Å². The Kier molecular flexibility index (Phi) is 9.35. The fraction of sp³-hybridized carbons (Fsp3) is 0.917. The van der Waals surface area contributed by atoms with E-state index in [0.29, 0.717) is 5.41 Å². The van der Waals surface area contributed by atoms with Gasteiger partial charge in [-0.2, -0.15) is 0 Å². The molecule has 0 aliphatic rings. The van der Waals surface area contributed by atoms with Gasteiger partial charge < -0.3 is 9.80 Å². The van der Waals surface area contributed by atoms with E-state index in [2.05, 4.69) is 35.6 Å². The van der Waals surface area contributed by atoms with E-state index in [4.69, 9.17) is 0 Å². The lowest BCUT2D eigenvalue weighted by Crippen LogP contribution is -2.35. The molecule has 0 spiro atoms. The summed E-state index contributed by atoms with van der Waals surface area (Å²) in [5, 5.41) is 0. The number of rotatable bonds is 3. The molecule has 0 aliphatic heterocycles. The fourth-order valence-electron chi connectivity index (χ4n) is 1.47. The highest BCUT2D eigenvalue weighted by Crippen LogP contribution is 2.20. The maximum Gasteiger partial charge on any atom is 0.195 e. The summed E-state index contributed by atoms with van der Waals surface area (Å²) < 4.78 is 0. The average molecular weight is 341 g/mol. The Morgan fingerprint density at radius 3 is 1.75 bits per heavy atom. The second-order valence-corrected chi connectivity index (χ2v) is 5.63. The Labute approximate surface area is 118 Å². The highest BCUT2D eigenvalue weighted by Gasteiger charge is 2.09. The molecule has 0 radical (unpaired) electrons. The van der Waals surface area contributed by atoms with Gasteiger partial charge in [0.05, 0.1) is 0 Å². The molecule has 3 nitrogen and oxygen atoms in total. The Morgan fingerprint density at radius 2 is 1.44 bits per heavy atom. The maximum atomic E-state index is 4.59. The molecule has 0 rings (SSSR count). The first-order valence-corrected chi connectivity index (χ1v) is 5.63. The molecule has 0 aromatic carbocycles. The van der Waals surface area contributed by atoms with Crippen LogP contribution in [0.5, 0.6) is 0 Å². The molecule has 0 N–H and O–H groups in total. The van der Waals surface area contributed by atoms with Crippen LogP contribution in [0.25, 0.3) is 0 Å². The van der Waals surface area contributed by atoms with Crippen LogP contribution in [0.2, 0.25) is 0 Å². The summed E-state index contributed by atoms with van der Waals surface area (Å²) in [6.07, 6.45) is 2.39. The third kappa shape index (κ3) is 9.24. The van der Waals surface area contributed by atoms with Gasteiger partial charge in [0.25, 0.3) is 0 Å². The minimum atomic E-state index is 0. The van der Waals surface area contributed by atoms with Gasteiger partial charge in [0.1, 0.15) is 0 Å². The van der Waals surface area contributed by atoms with Crippen LogP contribution in [-0.2, 0) is 0 Å². The minimum Gasteiger partial charge on any atom is -0.349 e. The van der Waals surface area contributed by atoms with E-state index in [1.165, 1.54) is 6.42 Å². The lowest BCUT2D eigenvalue weighted by atomic mass is 9.91. The van der Waals surface area contributed by atoms with Crippen LogP contribution < -0.4 is 0 Å². The molecule has 0 unspecified atom stereocenters. The monoisotopic (exact) mass is 341 g/mol. The first-order valence-electron chi connectivity index (χ1n) is 5.63. The molecule has 0 amide bonds. The molecule has 0 bridgehead atoms. The molecule has 0 heterocycles. The van der Waals surface area contributed by atoms with Gasteiger partial charge in [0.15, 0.2) is 5.96 Å². The molecule has 0 atom stereocenters. The van der Waals surface area contributed by atoms with E-state index in [1.807, 2.05) is 28.2 Å². The summed E-state index contributed by atoms with van der Waals surface area (Å²) in [6.45, 7) is 7.74. The van der Waals surface area contributed by atoms with Crippen molar-refractivity contribution in [1.29, 1.82) is 0 Å². The quantitative estimate of drug-likeness (QED) is 0.340. The second-order valence-electron chi connectivity index (χ2n) is 5.63. The molecular weight excluding hydrogens is 313 g/mol. The maximum absolute atomic E-state index is 4.59. The molecule has 0 saturated heterocycles. The van der Waals surface area contributed by atoms with Gasteiger partial charge in [-0.05, 0) is 18.3 Å². The smallest absolute Gasteiger partial charge is 0.195 e. The fourth-order valence-corrected chi connectivity index (χ4v) is 1.47. The number of halogens is 1.